The van der Waals surface area contributed by atoms with E-state index in [-0.39, 0.29) is 17.7 Å². The molecule has 0 unspecified atom stereocenters. The van der Waals surface area contributed by atoms with Crippen molar-refractivity contribution in [1.29, 1.82) is 0 Å². The summed E-state index contributed by atoms with van der Waals surface area (Å²) in [5, 5.41) is 3.17. The van der Waals surface area contributed by atoms with Crippen molar-refractivity contribution in [1.82, 2.24) is 10.3 Å². The minimum atomic E-state index is -0.677. The summed E-state index contributed by atoms with van der Waals surface area (Å²) in [6.07, 6.45) is 3.24. The Morgan fingerprint density at radius 2 is 2.14 bits per heavy atom. The molecule has 0 bridgehead atoms. The molecule has 0 aliphatic rings. The van der Waals surface area contributed by atoms with E-state index >= 15 is 0 Å². The maximum absolute atomic E-state index is 13.2. The van der Waals surface area contributed by atoms with Gasteiger partial charge in [0.2, 0.25) is 0 Å². The van der Waals surface area contributed by atoms with Crippen LogP contribution in [-0.4, -0.2) is 10.9 Å². The molecule has 5 nitrogen and oxygen atoms in total. The number of pyridine rings is 1. The lowest BCUT2D eigenvalue weighted by Gasteiger charge is -2.05. The van der Waals surface area contributed by atoms with Gasteiger partial charge in [-0.1, -0.05) is 6.07 Å². The van der Waals surface area contributed by atoms with Gasteiger partial charge >= 0.3 is 5.63 Å². The number of amides is 1. The van der Waals surface area contributed by atoms with E-state index in [1.54, 1.807) is 24.5 Å². The van der Waals surface area contributed by atoms with E-state index in [2.05, 4.69) is 10.3 Å². The van der Waals surface area contributed by atoms with Crippen LogP contribution in [0, 0.1) is 5.82 Å². The van der Waals surface area contributed by atoms with Crippen molar-refractivity contribution in [2.24, 2.45) is 0 Å². The van der Waals surface area contributed by atoms with Crippen LogP contribution in [-0.2, 0) is 6.54 Å². The first-order valence-electron chi connectivity index (χ1n) is 6.54. The molecule has 3 aromatic rings. The fourth-order valence-electron chi connectivity index (χ4n) is 2.05. The van der Waals surface area contributed by atoms with E-state index in [4.69, 9.17) is 4.42 Å². The van der Waals surface area contributed by atoms with Gasteiger partial charge in [0.05, 0.1) is 5.39 Å². The molecule has 2 heterocycles. The van der Waals surface area contributed by atoms with Crippen LogP contribution in [0.2, 0.25) is 0 Å². The van der Waals surface area contributed by atoms with Gasteiger partial charge in [0.25, 0.3) is 5.91 Å². The number of hydrogen-bond donors (Lipinski definition) is 1. The largest absolute Gasteiger partial charge is 0.417 e. The molecule has 0 aliphatic carbocycles. The van der Waals surface area contributed by atoms with Gasteiger partial charge in [-0.25, -0.2) is 9.18 Å². The predicted molar refractivity (Wildman–Crippen MR) is 77.8 cm³/mol. The summed E-state index contributed by atoms with van der Waals surface area (Å²) < 4.78 is 18.2. The van der Waals surface area contributed by atoms with Crippen molar-refractivity contribution in [3.05, 3.63) is 76.4 Å². The highest BCUT2D eigenvalue weighted by Crippen LogP contribution is 2.14. The maximum Gasteiger partial charge on any atom is 0.344 e. The minimum absolute atomic E-state index is 0.160. The number of halogens is 1. The van der Waals surface area contributed by atoms with E-state index in [1.165, 1.54) is 24.3 Å². The van der Waals surface area contributed by atoms with Crippen molar-refractivity contribution in [2.45, 2.75) is 6.54 Å². The van der Waals surface area contributed by atoms with Crippen LogP contribution < -0.4 is 10.9 Å². The quantitative estimate of drug-likeness (QED) is 0.805. The highest BCUT2D eigenvalue weighted by Gasteiger charge is 2.12. The van der Waals surface area contributed by atoms with Crippen LogP contribution >= 0.6 is 0 Å². The fraction of sp³-hybridized carbons (Fsp3) is 0.0625. The Morgan fingerprint density at radius 3 is 2.91 bits per heavy atom. The van der Waals surface area contributed by atoms with E-state index in [9.17, 15) is 14.0 Å². The monoisotopic (exact) mass is 298 g/mol. The molecular formula is C16H11FN2O3. The van der Waals surface area contributed by atoms with Gasteiger partial charge in [0.15, 0.2) is 5.76 Å². The number of carbonyl (C=O) groups excluding carboxylic acids is 1. The third kappa shape index (κ3) is 2.85. The summed E-state index contributed by atoms with van der Waals surface area (Å²) in [6.45, 7) is 0.248. The Labute approximate surface area is 124 Å². The van der Waals surface area contributed by atoms with Crippen LogP contribution in [0.3, 0.4) is 0 Å². The summed E-state index contributed by atoms with van der Waals surface area (Å²) in [7, 11) is 0. The molecule has 1 aromatic carbocycles. The summed E-state index contributed by atoms with van der Waals surface area (Å²) in [5.41, 5.74) is 0.133. The lowest BCUT2D eigenvalue weighted by atomic mass is 10.1. The summed E-state index contributed by atoms with van der Waals surface area (Å²) >= 11 is 0. The van der Waals surface area contributed by atoms with E-state index in [0.717, 1.165) is 5.56 Å². The first-order valence-corrected chi connectivity index (χ1v) is 6.54. The SMILES string of the molecule is O=C(NCc1cccnc1)c1cc2cc(F)ccc2c(=O)o1. The predicted octanol–water partition coefficient (Wildman–Crippen LogP) is 2.26. The van der Waals surface area contributed by atoms with E-state index < -0.39 is 17.3 Å². The second-order valence-corrected chi connectivity index (χ2v) is 4.67. The van der Waals surface area contributed by atoms with Gasteiger partial charge in [-0.2, -0.15) is 0 Å². The zero-order chi connectivity index (χ0) is 15.5. The first-order chi connectivity index (χ1) is 10.6. The Bertz CT molecular complexity index is 891. The smallest absolute Gasteiger partial charge is 0.344 e. The molecule has 0 aliphatic heterocycles. The Balaban J connectivity index is 1.86. The second kappa shape index (κ2) is 5.77. The Morgan fingerprint density at radius 1 is 1.27 bits per heavy atom. The standard InChI is InChI=1S/C16H11FN2O3/c17-12-3-4-13-11(6-12)7-14(22-16(13)21)15(20)19-9-10-2-1-5-18-8-10/h1-8H,9H2,(H,19,20). The maximum atomic E-state index is 13.2. The zero-order valence-electron chi connectivity index (χ0n) is 11.4. The summed E-state index contributed by atoms with van der Waals surface area (Å²) in [5.74, 6) is -1.20. The van der Waals surface area contributed by atoms with Crippen LogP contribution in [0.15, 0.2) is 58.0 Å². The van der Waals surface area contributed by atoms with E-state index in [0.29, 0.717) is 5.39 Å². The molecule has 0 radical (unpaired) electrons. The van der Waals surface area contributed by atoms with Gasteiger partial charge in [0.1, 0.15) is 5.82 Å². The third-order valence-corrected chi connectivity index (χ3v) is 3.12. The number of hydrogen-bond acceptors (Lipinski definition) is 4. The second-order valence-electron chi connectivity index (χ2n) is 4.67. The van der Waals surface area contributed by atoms with Crippen molar-refractivity contribution in [3.63, 3.8) is 0 Å². The van der Waals surface area contributed by atoms with Gasteiger partial charge in [-0.3, -0.25) is 9.78 Å². The average Bonchev–Trinajstić information content (AvgIpc) is 2.53. The highest BCUT2D eigenvalue weighted by atomic mass is 19.1. The number of rotatable bonds is 3. The molecule has 2 aromatic heterocycles. The van der Waals surface area contributed by atoms with Gasteiger partial charge in [-0.15, -0.1) is 0 Å². The zero-order valence-corrected chi connectivity index (χ0v) is 11.4. The Kier molecular flexibility index (Phi) is 3.65. The first kappa shape index (κ1) is 13.9. The fourth-order valence-corrected chi connectivity index (χ4v) is 2.05. The number of fused-ring (bicyclic) bond motifs is 1. The molecule has 1 amide bonds. The van der Waals surface area contributed by atoms with Crippen LogP contribution in [0.25, 0.3) is 10.8 Å². The number of carbonyl (C=O) groups is 1. The summed E-state index contributed by atoms with van der Waals surface area (Å²) in [6, 6.07) is 8.58. The van der Waals surface area contributed by atoms with Crippen LogP contribution in [0.4, 0.5) is 4.39 Å². The lowest BCUT2D eigenvalue weighted by Crippen LogP contribution is -2.24. The van der Waals surface area contributed by atoms with Crippen molar-refractivity contribution >= 4 is 16.7 Å². The molecule has 0 spiro atoms. The summed E-state index contributed by atoms with van der Waals surface area (Å²) in [4.78, 5) is 27.8. The van der Waals surface area contributed by atoms with Crippen molar-refractivity contribution in [3.8, 4) is 0 Å². The van der Waals surface area contributed by atoms with Crippen molar-refractivity contribution < 1.29 is 13.6 Å². The number of aromatic nitrogens is 1. The molecule has 22 heavy (non-hydrogen) atoms. The molecule has 0 saturated heterocycles. The normalized spacial score (nSPS) is 10.6. The topological polar surface area (TPSA) is 72.2 Å². The van der Waals surface area contributed by atoms with Gasteiger partial charge < -0.3 is 9.73 Å². The van der Waals surface area contributed by atoms with Gasteiger partial charge in [-0.05, 0) is 41.3 Å². The molecule has 110 valence electrons. The Hall–Kier alpha value is -3.02. The number of benzene rings is 1. The molecule has 6 heteroatoms. The molecule has 3 rings (SSSR count). The van der Waals surface area contributed by atoms with Crippen molar-refractivity contribution in [2.75, 3.05) is 0 Å². The molecule has 0 atom stereocenters. The van der Waals surface area contributed by atoms with E-state index in [1.807, 2.05) is 0 Å². The molecular weight excluding hydrogens is 287 g/mol. The molecule has 1 N–H and O–H groups in total. The van der Waals surface area contributed by atoms with Gasteiger partial charge in [0, 0.05) is 18.9 Å². The average molecular weight is 298 g/mol. The molecule has 0 saturated carbocycles. The third-order valence-electron chi connectivity index (χ3n) is 3.12. The highest BCUT2D eigenvalue weighted by molar-refractivity contribution is 5.95. The number of nitrogens with zero attached hydrogens (tertiary/aromatic N) is 1. The lowest BCUT2D eigenvalue weighted by molar-refractivity contribution is 0.0919. The molecule has 0 fully saturated rings. The van der Waals surface area contributed by atoms with Crippen LogP contribution in [0.5, 0.6) is 0 Å². The van der Waals surface area contributed by atoms with Crippen LogP contribution in [0.1, 0.15) is 16.1 Å². The number of nitrogens with one attached hydrogen (secondary N) is 1. The minimum Gasteiger partial charge on any atom is -0.417 e.